The van der Waals surface area contributed by atoms with Crippen LogP contribution >= 0.6 is 7.82 Å². The van der Waals surface area contributed by atoms with Gasteiger partial charge in [0.15, 0.2) is 6.10 Å². The van der Waals surface area contributed by atoms with Crippen molar-refractivity contribution in [1.29, 1.82) is 0 Å². The van der Waals surface area contributed by atoms with Crippen molar-refractivity contribution in [3.05, 3.63) is 12.2 Å². The smallest absolute Gasteiger partial charge is 0.462 e. The molecule has 3 atom stereocenters. The van der Waals surface area contributed by atoms with Crippen LogP contribution in [-0.2, 0) is 32.7 Å². The van der Waals surface area contributed by atoms with E-state index in [0.717, 1.165) is 57.8 Å². The number of esters is 2. The van der Waals surface area contributed by atoms with Crippen molar-refractivity contribution in [2.75, 3.05) is 26.4 Å². The topological polar surface area (TPSA) is 149 Å². The molecular weight excluding hydrogens is 671 g/mol. The number of carbonyl (C=O) groups is 2. The zero-order valence-electron chi connectivity index (χ0n) is 32.6. The number of ether oxygens (including phenoxy) is 2. The lowest BCUT2D eigenvalue weighted by molar-refractivity contribution is -0.161. The molecule has 0 saturated carbocycles. The minimum absolute atomic E-state index is 0.188. The summed E-state index contributed by atoms with van der Waals surface area (Å²) in [6, 6.07) is 0. The Balaban J connectivity index is 4.27. The van der Waals surface area contributed by atoms with Crippen molar-refractivity contribution in [3.63, 3.8) is 0 Å². The van der Waals surface area contributed by atoms with E-state index in [9.17, 15) is 24.2 Å². The highest BCUT2D eigenvalue weighted by Crippen LogP contribution is 2.43. The van der Waals surface area contributed by atoms with E-state index in [1.807, 2.05) is 0 Å². The van der Waals surface area contributed by atoms with Crippen molar-refractivity contribution in [3.8, 4) is 0 Å². The number of rotatable bonds is 39. The first-order valence-corrected chi connectivity index (χ1v) is 22.1. The Kier molecular flexibility index (Phi) is 36.1. The van der Waals surface area contributed by atoms with Crippen molar-refractivity contribution in [1.82, 2.24) is 0 Å². The third kappa shape index (κ3) is 36.8. The van der Waals surface area contributed by atoms with Crippen LogP contribution < -0.4 is 0 Å². The molecule has 0 bridgehead atoms. The average molecular weight is 749 g/mol. The molecule has 0 amide bonds. The fourth-order valence-corrected chi connectivity index (χ4v) is 6.47. The van der Waals surface area contributed by atoms with Gasteiger partial charge in [0.1, 0.15) is 12.7 Å². The Labute approximate surface area is 311 Å². The molecule has 0 heterocycles. The van der Waals surface area contributed by atoms with Crippen LogP contribution in [0.2, 0.25) is 0 Å². The van der Waals surface area contributed by atoms with Gasteiger partial charge in [0, 0.05) is 12.8 Å². The Morgan fingerprint density at radius 3 is 1.47 bits per heavy atom. The van der Waals surface area contributed by atoms with Gasteiger partial charge in [-0.25, -0.2) is 4.57 Å². The van der Waals surface area contributed by atoms with Gasteiger partial charge in [0.2, 0.25) is 0 Å². The van der Waals surface area contributed by atoms with Gasteiger partial charge in [-0.05, 0) is 32.1 Å². The molecule has 0 aliphatic rings. The Morgan fingerprint density at radius 1 is 0.569 bits per heavy atom. The molecule has 10 nitrogen and oxygen atoms in total. The molecule has 51 heavy (non-hydrogen) atoms. The van der Waals surface area contributed by atoms with Gasteiger partial charge in [-0.15, -0.1) is 0 Å². The number of hydrogen-bond acceptors (Lipinski definition) is 9. The number of aliphatic hydroxyl groups is 2. The monoisotopic (exact) mass is 749 g/mol. The van der Waals surface area contributed by atoms with Crippen LogP contribution in [0.15, 0.2) is 12.2 Å². The van der Waals surface area contributed by atoms with Gasteiger partial charge in [-0.1, -0.05) is 161 Å². The molecule has 3 N–H and O–H groups in total. The van der Waals surface area contributed by atoms with E-state index in [2.05, 4.69) is 30.5 Å². The fourth-order valence-electron chi connectivity index (χ4n) is 5.68. The van der Waals surface area contributed by atoms with Crippen molar-refractivity contribution in [2.24, 2.45) is 0 Å². The number of allylic oxidation sites excluding steroid dienone is 2. The molecular formula is C40H77O10P. The van der Waals surface area contributed by atoms with E-state index in [0.29, 0.717) is 12.8 Å². The Hall–Kier alpha value is -1.29. The maximum Gasteiger partial charge on any atom is 0.472 e. The molecule has 0 radical (unpaired) electrons. The summed E-state index contributed by atoms with van der Waals surface area (Å²) in [4.78, 5) is 34.9. The predicted octanol–water partition coefficient (Wildman–Crippen LogP) is 10.4. The minimum atomic E-state index is -4.61. The first-order chi connectivity index (χ1) is 24.7. The van der Waals surface area contributed by atoms with E-state index in [1.54, 1.807) is 0 Å². The summed E-state index contributed by atoms with van der Waals surface area (Å²) in [5.41, 5.74) is 0. The molecule has 0 aromatic carbocycles. The van der Waals surface area contributed by atoms with E-state index in [-0.39, 0.29) is 19.4 Å². The number of unbranched alkanes of at least 4 members (excludes halogenated alkanes) is 23. The maximum atomic E-state index is 12.6. The molecule has 0 saturated heterocycles. The number of phosphoric acid groups is 1. The van der Waals surface area contributed by atoms with Gasteiger partial charge in [0.25, 0.3) is 0 Å². The quantitative estimate of drug-likeness (QED) is 0.0240. The van der Waals surface area contributed by atoms with Crippen molar-refractivity contribution in [2.45, 2.75) is 206 Å². The van der Waals surface area contributed by atoms with Gasteiger partial charge in [-0.2, -0.15) is 0 Å². The molecule has 0 aromatic heterocycles. The summed E-state index contributed by atoms with van der Waals surface area (Å²) in [5.74, 6) is -0.928. The second kappa shape index (κ2) is 37.0. The Morgan fingerprint density at radius 2 is 0.980 bits per heavy atom. The molecule has 0 spiro atoms. The number of carbonyl (C=O) groups excluding carboxylic acids is 2. The molecule has 0 fully saturated rings. The highest BCUT2D eigenvalue weighted by molar-refractivity contribution is 7.47. The number of aliphatic hydroxyl groups excluding tert-OH is 2. The molecule has 302 valence electrons. The largest absolute Gasteiger partial charge is 0.472 e. The maximum absolute atomic E-state index is 12.6. The standard InChI is InChI=1S/C40H77O10P/c1-3-5-7-9-11-13-15-16-17-18-19-20-22-24-26-28-30-32-40(44)50-38(36-49-51(45,46)48-34-37(42)33-41)35-47-39(43)31-29-27-25-23-21-14-12-10-8-6-4-2/h10,12,37-38,41-42H,3-9,11,13-36H2,1-2H3,(H,45,46)/b12-10-/t37-,38+/m0/s1. The van der Waals surface area contributed by atoms with Gasteiger partial charge >= 0.3 is 19.8 Å². The van der Waals surface area contributed by atoms with Crippen LogP contribution in [0.25, 0.3) is 0 Å². The molecule has 0 rings (SSSR count). The summed E-state index contributed by atoms with van der Waals surface area (Å²) in [6.45, 7) is 2.34. The second-order valence-electron chi connectivity index (χ2n) is 14.0. The third-order valence-electron chi connectivity index (χ3n) is 8.92. The fraction of sp³-hybridized carbons (Fsp3) is 0.900. The number of hydrogen-bond donors (Lipinski definition) is 3. The van der Waals surface area contributed by atoms with Gasteiger partial charge in [-0.3, -0.25) is 18.6 Å². The van der Waals surface area contributed by atoms with E-state index in [4.69, 9.17) is 19.1 Å². The highest BCUT2D eigenvalue weighted by atomic mass is 31.2. The zero-order valence-corrected chi connectivity index (χ0v) is 33.5. The average Bonchev–Trinajstić information content (AvgIpc) is 3.12. The molecule has 0 aliphatic heterocycles. The molecule has 0 aromatic rings. The summed E-state index contributed by atoms with van der Waals surface area (Å²) < 4.78 is 32.6. The summed E-state index contributed by atoms with van der Waals surface area (Å²) in [7, 11) is -4.61. The van der Waals surface area contributed by atoms with Crippen LogP contribution in [0, 0.1) is 0 Å². The lowest BCUT2D eigenvalue weighted by Crippen LogP contribution is -2.29. The lowest BCUT2D eigenvalue weighted by Gasteiger charge is -2.20. The van der Waals surface area contributed by atoms with E-state index >= 15 is 0 Å². The van der Waals surface area contributed by atoms with E-state index < -0.39 is 51.8 Å². The predicted molar refractivity (Wildman–Crippen MR) is 205 cm³/mol. The SMILES string of the molecule is CCCC/C=C\CCCCCCCC(=O)OC[C@H](COP(=O)(O)OC[C@@H](O)CO)OC(=O)CCCCCCCCCCCCCCCCCCC. The van der Waals surface area contributed by atoms with Crippen LogP contribution in [0.1, 0.15) is 194 Å². The van der Waals surface area contributed by atoms with Gasteiger partial charge in [0.05, 0.1) is 19.8 Å². The van der Waals surface area contributed by atoms with Crippen LogP contribution in [0.4, 0.5) is 0 Å². The zero-order chi connectivity index (χ0) is 37.7. The summed E-state index contributed by atoms with van der Waals surface area (Å²) >= 11 is 0. The summed E-state index contributed by atoms with van der Waals surface area (Å²) in [5, 5.41) is 18.3. The van der Waals surface area contributed by atoms with Crippen LogP contribution in [0.5, 0.6) is 0 Å². The van der Waals surface area contributed by atoms with Crippen LogP contribution in [-0.4, -0.2) is 65.7 Å². The lowest BCUT2D eigenvalue weighted by atomic mass is 10.0. The summed E-state index contributed by atoms with van der Waals surface area (Å²) in [6.07, 6.45) is 33.2. The normalized spacial score (nSPS) is 14.1. The molecule has 1 unspecified atom stereocenters. The molecule has 0 aliphatic carbocycles. The third-order valence-corrected chi connectivity index (χ3v) is 9.87. The number of phosphoric ester groups is 1. The minimum Gasteiger partial charge on any atom is -0.462 e. The van der Waals surface area contributed by atoms with Crippen molar-refractivity contribution < 1.29 is 47.8 Å². The van der Waals surface area contributed by atoms with E-state index in [1.165, 1.54) is 96.3 Å². The van der Waals surface area contributed by atoms with Crippen LogP contribution in [0.3, 0.4) is 0 Å². The highest BCUT2D eigenvalue weighted by Gasteiger charge is 2.27. The first-order valence-electron chi connectivity index (χ1n) is 20.6. The first kappa shape index (κ1) is 49.7. The van der Waals surface area contributed by atoms with Gasteiger partial charge < -0.3 is 24.6 Å². The Bertz CT molecular complexity index is 868. The van der Waals surface area contributed by atoms with Crippen molar-refractivity contribution >= 4 is 19.8 Å². The second-order valence-corrected chi connectivity index (χ2v) is 15.5. The molecule has 11 heteroatoms.